The van der Waals surface area contributed by atoms with Gasteiger partial charge in [-0.1, -0.05) is 0 Å². The molecule has 5 nitrogen and oxygen atoms in total. The second-order valence-corrected chi connectivity index (χ2v) is 6.89. The minimum Gasteiger partial charge on any atom is -0.481 e. The minimum absolute atomic E-state index is 0.297. The summed E-state index contributed by atoms with van der Waals surface area (Å²) in [6.45, 7) is 6.39. The van der Waals surface area contributed by atoms with Crippen molar-refractivity contribution >= 4 is 16.5 Å². The van der Waals surface area contributed by atoms with Gasteiger partial charge in [0.05, 0.1) is 12.8 Å². The normalized spacial score (nSPS) is 17.3. The highest BCUT2D eigenvalue weighted by Crippen LogP contribution is 2.25. The Morgan fingerprint density at radius 2 is 2.17 bits per heavy atom. The molecule has 6 heteroatoms. The standard InChI is InChI=1S/C17H24N4OS/c1-12-11-23-17(19-12)21-8-5-15(6-9-21)20-13(2)14-4-7-18-16(10-14)22-3/h4,7,10-11,13,15,20H,5-6,8-9H2,1-3H3. The number of anilines is 1. The van der Waals surface area contributed by atoms with Gasteiger partial charge in [0, 0.05) is 42.8 Å². The van der Waals surface area contributed by atoms with Crippen LogP contribution in [-0.4, -0.2) is 36.2 Å². The van der Waals surface area contributed by atoms with Gasteiger partial charge in [-0.05, 0) is 38.3 Å². The Hall–Kier alpha value is -1.66. The maximum absolute atomic E-state index is 5.21. The third-order valence-corrected chi connectivity index (χ3v) is 5.35. The zero-order valence-electron chi connectivity index (χ0n) is 14.0. The van der Waals surface area contributed by atoms with Gasteiger partial charge in [0.1, 0.15) is 0 Å². The van der Waals surface area contributed by atoms with E-state index in [4.69, 9.17) is 4.74 Å². The average molecular weight is 332 g/mol. The van der Waals surface area contributed by atoms with Crippen LogP contribution in [0.4, 0.5) is 5.13 Å². The van der Waals surface area contributed by atoms with E-state index in [0.29, 0.717) is 18.0 Å². The Balaban J connectivity index is 1.53. The fraction of sp³-hybridized carbons (Fsp3) is 0.529. The van der Waals surface area contributed by atoms with Crippen molar-refractivity contribution in [1.29, 1.82) is 0 Å². The number of hydrogen-bond acceptors (Lipinski definition) is 6. The summed E-state index contributed by atoms with van der Waals surface area (Å²) in [7, 11) is 1.65. The highest BCUT2D eigenvalue weighted by Gasteiger charge is 2.22. The van der Waals surface area contributed by atoms with E-state index in [1.54, 1.807) is 24.6 Å². The molecule has 1 fully saturated rings. The van der Waals surface area contributed by atoms with Gasteiger partial charge in [-0.15, -0.1) is 11.3 Å². The number of piperidine rings is 1. The van der Waals surface area contributed by atoms with Crippen LogP contribution in [0.1, 0.15) is 37.1 Å². The Bertz CT molecular complexity index is 637. The highest BCUT2D eigenvalue weighted by molar-refractivity contribution is 7.13. The first-order valence-electron chi connectivity index (χ1n) is 8.09. The predicted molar refractivity (Wildman–Crippen MR) is 94.4 cm³/mol. The number of hydrogen-bond donors (Lipinski definition) is 1. The van der Waals surface area contributed by atoms with Crippen LogP contribution >= 0.6 is 11.3 Å². The molecule has 1 aliphatic heterocycles. The van der Waals surface area contributed by atoms with Crippen LogP contribution in [0.25, 0.3) is 0 Å². The van der Waals surface area contributed by atoms with Gasteiger partial charge >= 0.3 is 0 Å². The summed E-state index contributed by atoms with van der Waals surface area (Å²) < 4.78 is 5.21. The van der Waals surface area contributed by atoms with E-state index in [1.165, 1.54) is 5.56 Å². The number of rotatable bonds is 5. The second kappa shape index (κ2) is 7.27. The van der Waals surface area contributed by atoms with Crippen LogP contribution in [0, 0.1) is 6.92 Å². The maximum Gasteiger partial charge on any atom is 0.213 e. The van der Waals surface area contributed by atoms with E-state index in [-0.39, 0.29) is 0 Å². The topological polar surface area (TPSA) is 50.3 Å². The highest BCUT2D eigenvalue weighted by atomic mass is 32.1. The molecule has 0 aliphatic carbocycles. The lowest BCUT2D eigenvalue weighted by atomic mass is 10.0. The van der Waals surface area contributed by atoms with Gasteiger partial charge in [-0.25, -0.2) is 9.97 Å². The van der Waals surface area contributed by atoms with E-state index < -0.39 is 0 Å². The zero-order chi connectivity index (χ0) is 16.2. The molecule has 3 heterocycles. The van der Waals surface area contributed by atoms with Crippen molar-refractivity contribution < 1.29 is 4.74 Å². The molecule has 0 bridgehead atoms. The Morgan fingerprint density at radius 1 is 1.39 bits per heavy atom. The first-order chi connectivity index (χ1) is 11.2. The molecule has 0 saturated carbocycles. The molecule has 0 amide bonds. The van der Waals surface area contributed by atoms with E-state index in [1.807, 2.05) is 12.1 Å². The lowest BCUT2D eigenvalue weighted by Crippen LogP contribution is -2.43. The van der Waals surface area contributed by atoms with Crippen molar-refractivity contribution in [2.24, 2.45) is 0 Å². The molecule has 23 heavy (non-hydrogen) atoms. The minimum atomic E-state index is 0.297. The SMILES string of the molecule is COc1cc(C(C)NC2CCN(c3nc(C)cs3)CC2)ccn1. The van der Waals surface area contributed by atoms with Crippen LogP contribution < -0.4 is 15.0 Å². The molecule has 124 valence electrons. The van der Waals surface area contributed by atoms with Crippen LogP contribution in [0.3, 0.4) is 0 Å². The number of ether oxygens (including phenoxy) is 1. The van der Waals surface area contributed by atoms with Crippen molar-refractivity contribution in [3.63, 3.8) is 0 Å². The van der Waals surface area contributed by atoms with Crippen molar-refractivity contribution in [3.05, 3.63) is 35.0 Å². The third-order valence-electron chi connectivity index (χ3n) is 4.33. The smallest absolute Gasteiger partial charge is 0.213 e. The monoisotopic (exact) mass is 332 g/mol. The number of thiazole rings is 1. The molecule has 2 aromatic rings. The summed E-state index contributed by atoms with van der Waals surface area (Å²) in [6.07, 6.45) is 4.09. The Labute approximate surface area is 141 Å². The van der Waals surface area contributed by atoms with Crippen molar-refractivity contribution in [2.75, 3.05) is 25.1 Å². The number of methoxy groups -OCH3 is 1. The summed E-state index contributed by atoms with van der Waals surface area (Å²) in [5, 5.41) is 7.02. The molecule has 1 aliphatic rings. The van der Waals surface area contributed by atoms with Gasteiger partial charge in [-0.3, -0.25) is 0 Å². The molecule has 1 atom stereocenters. The molecular formula is C17H24N4OS. The largest absolute Gasteiger partial charge is 0.481 e. The van der Waals surface area contributed by atoms with Gasteiger partial charge in [0.25, 0.3) is 0 Å². The van der Waals surface area contributed by atoms with E-state index in [9.17, 15) is 0 Å². The summed E-state index contributed by atoms with van der Waals surface area (Å²) >= 11 is 1.75. The number of nitrogens with one attached hydrogen (secondary N) is 1. The summed E-state index contributed by atoms with van der Waals surface area (Å²) in [5.74, 6) is 0.671. The van der Waals surface area contributed by atoms with E-state index in [2.05, 4.69) is 39.4 Å². The van der Waals surface area contributed by atoms with Crippen LogP contribution in [-0.2, 0) is 0 Å². The molecule has 2 aromatic heterocycles. The second-order valence-electron chi connectivity index (χ2n) is 6.05. The number of aryl methyl sites for hydroxylation is 1. The fourth-order valence-corrected chi connectivity index (χ4v) is 3.84. The predicted octanol–water partition coefficient (Wildman–Crippen LogP) is 3.17. The lowest BCUT2D eigenvalue weighted by molar-refractivity contribution is 0.376. The van der Waals surface area contributed by atoms with E-state index >= 15 is 0 Å². The molecule has 3 rings (SSSR count). The molecule has 1 unspecified atom stereocenters. The summed E-state index contributed by atoms with van der Waals surface area (Å²) in [6, 6.07) is 4.89. The van der Waals surface area contributed by atoms with E-state index in [0.717, 1.165) is 36.8 Å². The Morgan fingerprint density at radius 3 is 2.83 bits per heavy atom. The summed E-state index contributed by atoms with van der Waals surface area (Å²) in [4.78, 5) is 11.2. The van der Waals surface area contributed by atoms with Crippen LogP contribution in [0.2, 0.25) is 0 Å². The van der Waals surface area contributed by atoms with Crippen molar-refractivity contribution in [1.82, 2.24) is 15.3 Å². The molecular weight excluding hydrogens is 308 g/mol. The molecule has 0 spiro atoms. The molecule has 1 saturated heterocycles. The zero-order valence-corrected chi connectivity index (χ0v) is 14.8. The number of nitrogens with zero attached hydrogens (tertiary/aromatic N) is 3. The Kier molecular flexibility index (Phi) is 5.13. The van der Waals surface area contributed by atoms with Crippen LogP contribution in [0.5, 0.6) is 5.88 Å². The molecule has 1 N–H and O–H groups in total. The van der Waals surface area contributed by atoms with Gasteiger partial charge in [-0.2, -0.15) is 0 Å². The number of aromatic nitrogens is 2. The maximum atomic E-state index is 5.21. The number of pyridine rings is 1. The van der Waals surface area contributed by atoms with Crippen molar-refractivity contribution in [3.8, 4) is 5.88 Å². The van der Waals surface area contributed by atoms with Crippen LogP contribution in [0.15, 0.2) is 23.7 Å². The fourth-order valence-electron chi connectivity index (χ4n) is 2.98. The first kappa shape index (κ1) is 16.2. The van der Waals surface area contributed by atoms with Crippen molar-refractivity contribution in [2.45, 2.75) is 38.8 Å². The first-order valence-corrected chi connectivity index (χ1v) is 8.96. The van der Waals surface area contributed by atoms with Gasteiger partial charge < -0.3 is 15.0 Å². The lowest BCUT2D eigenvalue weighted by Gasteiger charge is -2.33. The quantitative estimate of drug-likeness (QED) is 0.911. The van der Waals surface area contributed by atoms with Gasteiger partial charge in [0.2, 0.25) is 5.88 Å². The van der Waals surface area contributed by atoms with Gasteiger partial charge in [0.15, 0.2) is 5.13 Å². The average Bonchev–Trinajstić information content (AvgIpc) is 3.02. The third kappa shape index (κ3) is 4.00. The summed E-state index contributed by atoms with van der Waals surface area (Å²) in [5.41, 5.74) is 2.33. The molecule has 0 radical (unpaired) electrons. The molecule has 0 aromatic carbocycles.